The Labute approximate surface area is 182 Å². The van der Waals surface area contributed by atoms with Crippen molar-refractivity contribution in [1.82, 2.24) is 25.1 Å². The second-order valence-electron chi connectivity index (χ2n) is 9.02. The molecule has 3 aromatic rings. The van der Waals surface area contributed by atoms with Crippen LogP contribution in [0.1, 0.15) is 39.3 Å². The molecule has 7 heteroatoms. The van der Waals surface area contributed by atoms with Crippen LogP contribution in [0.4, 0.5) is 4.39 Å². The maximum atomic E-state index is 14.7. The number of rotatable bonds is 5. The van der Waals surface area contributed by atoms with Crippen LogP contribution in [-0.2, 0) is 6.42 Å². The Bertz CT molecular complexity index is 1100. The van der Waals surface area contributed by atoms with Crippen LogP contribution in [-0.4, -0.2) is 55.4 Å². The number of aromatic nitrogens is 4. The summed E-state index contributed by atoms with van der Waals surface area (Å²) in [5, 5.41) is 19.0. The number of pyridine rings is 2. The first-order valence-electron chi connectivity index (χ1n) is 10.8. The highest BCUT2D eigenvalue weighted by molar-refractivity contribution is 5.89. The zero-order valence-corrected chi connectivity index (χ0v) is 18.6. The predicted molar refractivity (Wildman–Crippen MR) is 120 cm³/mol. The van der Waals surface area contributed by atoms with Crippen LogP contribution in [0.3, 0.4) is 0 Å². The minimum absolute atomic E-state index is 0.0174. The van der Waals surface area contributed by atoms with Crippen LogP contribution in [0.25, 0.3) is 22.4 Å². The van der Waals surface area contributed by atoms with E-state index in [1.54, 1.807) is 18.3 Å². The van der Waals surface area contributed by atoms with E-state index in [-0.39, 0.29) is 17.7 Å². The lowest BCUT2D eigenvalue weighted by atomic mass is 9.81. The minimum atomic E-state index is -0.804. The Morgan fingerprint density at radius 1 is 1.32 bits per heavy atom. The first-order valence-corrected chi connectivity index (χ1v) is 10.8. The molecule has 2 unspecified atom stereocenters. The molecule has 1 aliphatic heterocycles. The number of halogens is 1. The lowest BCUT2D eigenvalue weighted by molar-refractivity contribution is -0.0586. The minimum Gasteiger partial charge on any atom is -0.388 e. The molecule has 3 aromatic heterocycles. The Kier molecular flexibility index (Phi) is 5.90. The fourth-order valence-electron chi connectivity index (χ4n) is 4.32. The van der Waals surface area contributed by atoms with E-state index >= 15 is 0 Å². The van der Waals surface area contributed by atoms with Crippen molar-refractivity contribution in [3.05, 3.63) is 53.6 Å². The smallest absolute Gasteiger partial charge is 0.181 e. The number of nitrogens with one attached hydrogen (secondary N) is 1. The van der Waals surface area contributed by atoms with E-state index in [2.05, 4.69) is 52.0 Å². The molecule has 31 heavy (non-hydrogen) atoms. The van der Waals surface area contributed by atoms with E-state index in [4.69, 9.17) is 0 Å². The first-order chi connectivity index (χ1) is 14.8. The quantitative estimate of drug-likeness (QED) is 0.604. The maximum Gasteiger partial charge on any atom is 0.181 e. The third-order valence-electron chi connectivity index (χ3n) is 6.62. The average molecular weight is 424 g/mol. The van der Waals surface area contributed by atoms with Gasteiger partial charge >= 0.3 is 0 Å². The summed E-state index contributed by atoms with van der Waals surface area (Å²) in [7, 11) is 2.07. The normalized spacial score (nSPS) is 20.0. The molecule has 0 aliphatic carbocycles. The van der Waals surface area contributed by atoms with Crippen molar-refractivity contribution in [2.45, 2.75) is 51.7 Å². The second kappa shape index (κ2) is 8.48. The Morgan fingerprint density at radius 3 is 2.90 bits per heavy atom. The highest BCUT2D eigenvalue weighted by Gasteiger charge is 2.38. The van der Waals surface area contributed by atoms with Gasteiger partial charge < -0.3 is 5.11 Å². The van der Waals surface area contributed by atoms with Gasteiger partial charge in [-0.05, 0) is 57.0 Å². The molecule has 0 aromatic carbocycles. The van der Waals surface area contributed by atoms with Gasteiger partial charge in [0.15, 0.2) is 11.5 Å². The van der Waals surface area contributed by atoms with Gasteiger partial charge in [0.1, 0.15) is 5.69 Å². The van der Waals surface area contributed by atoms with E-state index in [0.717, 1.165) is 30.5 Å². The summed E-state index contributed by atoms with van der Waals surface area (Å²) >= 11 is 0. The highest BCUT2D eigenvalue weighted by Crippen LogP contribution is 2.32. The largest absolute Gasteiger partial charge is 0.388 e. The summed E-state index contributed by atoms with van der Waals surface area (Å²) in [5.41, 5.74) is 2.54. The second-order valence-corrected chi connectivity index (χ2v) is 9.02. The number of aliphatic hydroxyl groups is 1. The Hall–Kier alpha value is -2.64. The van der Waals surface area contributed by atoms with Gasteiger partial charge in [-0.2, -0.15) is 5.10 Å². The average Bonchev–Trinajstić information content (AvgIpc) is 3.07. The van der Waals surface area contributed by atoms with Crippen LogP contribution in [0, 0.1) is 11.7 Å². The molecule has 2 atom stereocenters. The van der Waals surface area contributed by atoms with Gasteiger partial charge in [-0.3, -0.25) is 10.00 Å². The van der Waals surface area contributed by atoms with Crippen molar-refractivity contribution in [3.63, 3.8) is 0 Å². The molecule has 0 bridgehead atoms. The van der Waals surface area contributed by atoms with Crippen LogP contribution in [0.5, 0.6) is 0 Å². The number of fused-ring (bicyclic) bond motifs is 1. The third kappa shape index (κ3) is 4.25. The number of hydrogen-bond acceptors (Lipinski definition) is 5. The van der Waals surface area contributed by atoms with Crippen molar-refractivity contribution < 1.29 is 9.50 Å². The monoisotopic (exact) mass is 423 g/mol. The molecule has 0 spiro atoms. The SMILES string of the molecule is CC(C)C(C)(O)C1CC(Cc2ccc(F)c(-c3[nH]nc4ncccc34)n2)=CCCN1C. The first kappa shape index (κ1) is 21.6. The molecule has 1 aliphatic rings. The number of H-pyrrole nitrogens is 1. The molecule has 0 saturated carbocycles. The van der Waals surface area contributed by atoms with Crippen molar-refractivity contribution in [3.8, 4) is 11.4 Å². The van der Waals surface area contributed by atoms with Gasteiger partial charge in [-0.15, -0.1) is 0 Å². The molecule has 4 rings (SSSR count). The summed E-state index contributed by atoms with van der Waals surface area (Å²) in [6.45, 7) is 6.93. The Morgan fingerprint density at radius 2 is 2.13 bits per heavy atom. The molecule has 0 amide bonds. The van der Waals surface area contributed by atoms with Crippen molar-refractivity contribution in [2.24, 2.45) is 5.92 Å². The molecule has 2 N–H and O–H groups in total. The van der Waals surface area contributed by atoms with Crippen LogP contribution >= 0.6 is 0 Å². The van der Waals surface area contributed by atoms with Gasteiger partial charge in [-0.25, -0.2) is 14.4 Å². The predicted octanol–water partition coefficient (Wildman–Crippen LogP) is 4.13. The lowest BCUT2D eigenvalue weighted by Crippen LogP contribution is -2.52. The van der Waals surface area contributed by atoms with Gasteiger partial charge in [-0.1, -0.05) is 25.5 Å². The van der Waals surface area contributed by atoms with Crippen LogP contribution < -0.4 is 0 Å². The van der Waals surface area contributed by atoms with Gasteiger partial charge in [0.25, 0.3) is 0 Å². The van der Waals surface area contributed by atoms with E-state index in [1.165, 1.54) is 11.6 Å². The van der Waals surface area contributed by atoms with E-state index in [0.29, 0.717) is 17.8 Å². The van der Waals surface area contributed by atoms with E-state index in [9.17, 15) is 9.50 Å². The molecule has 164 valence electrons. The third-order valence-corrected chi connectivity index (χ3v) is 6.62. The van der Waals surface area contributed by atoms with Crippen molar-refractivity contribution in [2.75, 3.05) is 13.6 Å². The van der Waals surface area contributed by atoms with Gasteiger partial charge in [0, 0.05) is 36.3 Å². The summed E-state index contributed by atoms with van der Waals surface area (Å²) < 4.78 is 14.7. The lowest BCUT2D eigenvalue weighted by Gasteiger charge is -2.41. The molecular weight excluding hydrogens is 393 g/mol. The van der Waals surface area contributed by atoms with Crippen LogP contribution in [0.15, 0.2) is 42.1 Å². The standard InChI is InChI=1S/C24H30FN5O/c1-15(2)24(3,31)20-14-16(7-6-12-30(20)4)13-17-9-10-19(25)22(27-17)21-18-8-5-11-26-23(18)29-28-21/h5,7-11,15,20,31H,6,12-14H2,1-4H3,(H,26,28,29). The molecular formula is C24H30FN5O. The van der Waals surface area contributed by atoms with E-state index in [1.807, 2.05) is 13.0 Å². The molecule has 0 saturated heterocycles. The number of likely N-dealkylation sites (N-methyl/N-ethyl adjacent to an activating group) is 1. The van der Waals surface area contributed by atoms with Gasteiger partial charge in [0.2, 0.25) is 0 Å². The zero-order valence-electron chi connectivity index (χ0n) is 18.6. The number of nitrogens with zero attached hydrogens (tertiary/aromatic N) is 4. The number of aromatic amines is 1. The Balaban J connectivity index is 1.62. The van der Waals surface area contributed by atoms with E-state index < -0.39 is 11.4 Å². The highest BCUT2D eigenvalue weighted by atomic mass is 19.1. The van der Waals surface area contributed by atoms with Crippen molar-refractivity contribution in [1.29, 1.82) is 0 Å². The van der Waals surface area contributed by atoms with Crippen LogP contribution in [0.2, 0.25) is 0 Å². The fourth-order valence-corrected chi connectivity index (χ4v) is 4.32. The maximum absolute atomic E-state index is 14.7. The summed E-state index contributed by atoms with van der Waals surface area (Å²) in [6, 6.07) is 6.88. The van der Waals surface area contributed by atoms with Gasteiger partial charge in [0.05, 0.1) is 11.3 Å². The summed E-state index contributed by atoms with van der Waals surface area (Å²) in [5.74, 6) is -0.259. The van der Waals surface area contributed by atoms with Crippen molar-refractivity contribution >= 4 is 11.0 Å². The summed E-state index contributed by atoms with van der Waals surface area (Å²) in [4.78, 5) is 11.1. The molecule has 6 nitrogen and oxygen atoms in total. The zero-order chi connectivity index (χ0) is 22.2. The molecule has 0 radical (unpaired) electrons. The fraction of sp³-hybridized carbons (Fsp3) is 0.458. The number of hydrogen-bond donors (Lipinski definition) is 2. The topological polar surface area (TPSA) is 77.9 Å². The molecule has 4 heterocycles. The molecule has 0 fully saturated rings. The summed E-state index contributed by atoms with van der Waals surface area (Å²) in [6.07, 6.45) is 6.20.